The van der Waals surface area contributed by atoms with E-state index < -0.39 is 41.9 Å². The highest BCUT2D eigenvalue weighted by Crippen LogP contribution is 2.11. The SMILES string of the molecule is CCCCOC(=O)[C@@H](NC(=O)OC(C)(C)C)[C@@H](C)OC(=O)[C@@H](O)C(C)C. The highest BCUT2D eigenvalue weighted by atomic mass is 16.6. The number of amides is 1. The van der Waals surface area contributed by atoms with Crippen LogP contribution in [0.1, 0.15) is 61.3 Å². The number of hydrogen-bond acceptors (Lipinski definition) is 7. The van der Waals surface area contributed by atoms with Gasteiger partial charge in [-0.1, -0.05) is 27.2 Å². The highest BCUT2D eigenvalue weighted by molar-refractivity contribution is 5.83. The van der Waals surface area contributed by atoms with Crippen LogP contribution in [0.15, 0.2) is 0 Å². The van der Waals surface area contributed by atoms with Crippen molar-refractivity contribution in [1.29, 1.82) is 0 Å². The van der Waals surface area contributed by atoms with Gasteiger partial charge in [0.25, 0.3) is 0 Å². The molecule has 0 aromatic heterocycles. The fraction of sp³-hybridized carbons (Fsp3) is 0.833. The van der Waals surface area contributed by atoms with Crippen LogP contribution in [-0.4, -0.2) is 53.6 Å². The Bertz CT molecular complexity index is 471. The quantitative estimate of drug-likeness (QED) is 0.361. The molecule has 3 atom stereocenters. The van der Waals surface area contributed by atoms with E-state index in [1.165, 1.54) is 6.92 Å². The van der Waals surface area contributed by atoms with Crippen molar-refractivity contribution in [2.75, 3.05) is 6.61 Å². The maximum Gasteiger partial charge on any atom is 0.408 e. The third kappa shape index (κ3) is 9.60. The molecule has 0 aliphatic carbocycles. The predicted octanol–water partition coefficient (Wildman–Crippen LogP) is 2.17. The van der Waals surface area contributed by atoms with Gasteiger partial charge in [-0.25, -0.2) is 14.4 Å². The number of esters is 2. The Morgan fingerprint density at radius 2 is 1.65 bits per heavy atom. The molecule has 26 heavy (non-hydrogen) atoms. The van der Waals surface area contributed by atoms with Crippen LogP contribution in [0.25, 0.3) is 0 Å². The smallest absolute Gasteiger partial charge is 0.408 e. The van der Waals surface area contributed by atoms with Gasteiger partial charge in [-0.15, -0.1) is 0 Å². The van der Waals surface area contributed by atoms with E-state index in [-0.39, 0.29) is 12.5 Å². The van der Waals surface area contributed by atoms with Gasteiger partial charge in [-0.3, -0.25) is 0 Å². The summed E-state index contributed by atoms with van der Waals surface area (Å²) in [5.41, 5.74) is -0.755. The summed E-state index contributed by atoms with van der Waals surface area (Å²) < 4.78 is 15.4. The van der Waals surface area contributed by atoms with Crippen molar-refractivity contribution < 1.29 is 33.7 Å². The van der Waals surface area contributed by atoms with E-state index in [4.69, 9.17) is 14.2 Å². The van der Waals surface area contributed by atoms with Crippen LogP contribution in [0.3, 0.4) is 0 Å². The van der Waals surface area contributed by atoms with Crippen LogP contribution >= 0.6 is 0 Å². The lowest BCUT2D eigenvalue weighted by Crippen LogP contribution is -2.52. The molecule has 0 radical (unpaired) electrons. The van der Waals surface area contributed by atoms with Crippen molar-refractivity contribution >= 4 is 18.0 Å². The summed E-state index contributed by atoms with van der Waals surface area (Å²) in [4.78, 5) is 36.2. The Hall–Kier alpha value is -1.83. The van der Waals surface area contributed by atoms with E-state index in [9.17, 15) is 19.5 Å². The molecule has 0 saturated heterocycles. The number of alkyl carbamates (subject to hydrolysis) is 1. The van der Waals surface area contributed by atoms with Gasteiger partial charge in [0.15, 0.2) is 12.1 Å². The van der Waals surface area contributed by atoms with Crippen LogP contribution in [0.2, 0.25) is 0 Å². The molecule has 0 bridgehead atoms. The number of carbonyl (C=O) groups is 3. The Morgan fingerprint density at radius 3 is 2.12 bits per heavy atom. The first-order valence-corrected chi connectivity index (χ1v) is 8.93. The van der Waals surface area contributed by atoms with E-state index in [1.54, 1.807) is 34.6 Å². The van der Waals surface area contributed by atoms with Gasteiger partial charge in [-0.05, 0) is 40.0 Å². The number of rotatable bonds is 9. The zero-order chi connectivity index (χ0) is 20.5. The fourth-order valence-electron chi connectivity index (χ4n) is 1.80. The average molecular weight is 375 g/mol. The minimum atomic E-state index is -1.32. The zero-order valence-corrected chi connectivity index (χ0v) is 16.8. The molecule has 152 valence electrons. The maximum atomic E-state index is 12.3. The van der Waals surface area contributed by atoms with Crippen LogP contribution in [0.4, 0.5) is 4.79 Å². The zero-order valence-electron chi connectivity index (χ0n) is 16.8. The average Bonchev–Trinajstić information content (AvgIpc) is 2.49. The van der Waals surface area contributed by atoms with Crippen molar-refractivity contribution in [2.45, 2.75) is 85.2 Å². The molecule has 0 aromatic rings. The maximum absolute atomic E-state index is 12.3. The van der Waals surface area contributed by atoms with Crippen LogP contribution < -0.4 is 5.32 Å². The standard InChI is InChI=1S/C18H33NO7/c1-8-9-10-24-15(21)13(19-17(23)26-18(5,6)7)12(4)25-16(22)14(20)11(2)3/h11-14,20H,8-10H2,1-7H3,(H,19,23)/t12-,13+,14+/m1/s1. The monoisotopic (exact) mass is 375 g/mol. The number of ether oxygens (including phenoxy) is 3. The fourth-order valence-corrected chi connectivity index (χ4v) is 1.80. The number of aliphatic hydroxyl groups is 1. The molecule has 0 saturated carbocycles. The summed E-state index contributed by atoms with van der Waals surface area (Å²) in [5, 5.41) is 12.1. The third-order valence-corrected chi connectivity index (χ3v) is 3.31. The third-order valence-electron chi connectivity index (χ3n) is 3.31. The summed E-state index contributed by atoms with van der Waals surface area (Å²) in [5.74, 6) is -1.95. The molecule has 0 spiro atoms. The molecule has 8 heteroatoms. The number of carbonyl (C=O) groups excluding carboxylic acids is 3. The number of hydrogen-bond donors (Lipinski definition) is 2. The minimum Gasteiger partial charge on any atom is -0.464 e. The Balaban J connectivity index is 5.08. The molecule has 2 N–H and O–H groups in total. The van der Waals surface area contributed by atoms with E-state index >= 15 is 0 Å². The van der Waals surface area contributed by atoms with Gasteiger partial charge in [0.05, 0.1) is 6.61 Å². The lowest BCUT2D eigenvalue weighted by molar-refractivity contribution is -0.166. The molecule has 0 unspecified atom stereocenters. The number of nitrogens with one attached hydrogen (secondary N) is 1. The summed E-state index contributed by atoms with van der Waals surface area (Å²) in [6.07, 6.45) is -1.69. The van der Waals surface area contributed by atoms with Gasteiger partial charge in [-0.2, -0.15) is 0 Å². The molecule has 8 nitrogen and oxygen atoms in total. The molecule has 0 aromatic carbocycles. The summed E-state index contributed by atoms with van der Waals surface area (Å²) in [7, 11) is 0. The van der Waals surface area contributed by atoms with Gasteiger partial charge in [0, 0.05) is 0 Å². The molecule has 0 rings (SSSR count). The van der Waals surface area contributed by atoms with Crippen LogP contribution in [0, 0.1) is 5.92 Å². The van der Waals surface area contributed by atoms with E-state index in [0.29, 0.717) is 6.42 Å². The summed E-state index contributed by atoms with van der Waals surface area (Å²) in [6, 6.07) is -1.25. The van der Waals surface area contributed by atoms with Crippen molar-refractivity contribution in [3.05, 3.63) is 0 Å². The van der Waals surface area contributed by atoms with Gasteiger partial charge < -0.3 is 24.6 Å². The van der Waals surface area contributed by atoms with E-state index in [0.717, 1.165) is 6.42 Å². The second-order valence-corrected chi connectivity index (χ2v) is 7.48. The van der Waals surface area contributed by atoms with Crippen LogP contribution in [0.5, 0.6) is 0 Å². The largest absolute Gasteiger partial charge is 0.464 e. The normalized spacial score (nSPS) is 15.0. The first-order valence-electron chi connectivity index (χ1n) is 8.93. The summed E-state index contributed by atoms with van der Waals surface area (Å²) in [6.45, 7) is 11.9. The molecule has 0 heterocycles. The number of unbranched alkanes of at least 4 members (excludes halogenated alkanes) is 1. The first kappa shape index (κ1) is 24.2. The van der Waals surface area contributed by atoms with Crippen LogP contribution in [-0.2, 0) is 23.8 Å². The lowest BCUT2D eigenvalue weighted by Gasteiger charge is -2.27. The van der Waals surface area contributed by atoms with E-state index in [1.807, 2.05) is 6.92 Å². The molecular weight excluding hydrogens is 342 g/mol. The second-order valence-electron chi connectivity index (χ2n) is 7.48. The van der Waals surface area contributed by atoms with Gasteiger partial charge in [0.2, 0.25) is 0 Å². The first-order chi connectivity index (χ1) is 11.9. The number of aliphatic hydroxyl groups excluding tert-OH is 1. The predicted molar refractivity (Wildman–Crippen MR) is 95.4 cm³/mol. The molecule has 1 amide bonds. The highest BCUT2D eigenvalue weighted by Gasteiger charge is 2.34. The van der Waals surface area contributed by atoms with Gasteiger partial charge in [0.1, 0.15) is 11.7 Å². The second kappa shape index (κ2) is 11.0. The molecule has 0 aliphatic heterocycles. The molecular formula is C18H33NO7. The molecule has 0 aliphatic rings. The topological polar surface area (TPSA) is 111 Å². The Labute approximate surface area is 155 Å². The lowest BCUT2D eigenvalue weighted by atomic mass is 10.1. The summed E-state index contributed by atoms with van der Waals surface area (Å²) >= 11 is 0. The van der Waals surface area contributed by atoms with E-state index in [2.05, 4.69) is 5.32 Å². The molecule has 0 fully saturated rings. The Kier molecular flexibility index (Phi) is 10.2. The van der Waals surface area contributed by atoms with Gasteiger partial charge >= 0.3 is 18.0 Å². The Morgan fingerprint density at radius 1 is 1.08 bits per heavy atom. The van der Waals surface area contributed by atoms with Crippen molar-refractivity contribution in [3.8, 4) is 0 Å². The minimum absolute atomic E-state index is 0.192. The van der Waals surface area contributed by atoms with Crippen molar-refractivity contribution in [3.63, 3.8) is 0 Å². The van der Waals surface area contributed by atoms with Crippen molar-refractivity contribution in [2.24, 2.45) is 5.92 Å². The van der Waals surface area contributed by atoms with Crippen molar-refractivity contribution in [1.82, 2.24) is 5.32 Å².